The van der Waals surface area contributed by atoms with E-state index in [1.165, 1.54) is 51.5 Å². The Kier molecular flexibility index (Phi) is 6.31. The molecule has 1 aliphatic heterocycles. The fraction of sp³-hybridized carbons (Fsp3) is 1.00. The van der Waals surface area contributed by atoms with Crippen LogP contribution in [0.5, 0.6) is 0 Å². The normalized spacial score (nSPS) is 36.1. The third-order valence-electron chi connectivity index (χ3n) is 5.64. The van der Waals surface area contributed by atoms with E-state index in [-0.39, 0.29) is 0 Å². The molecule has 1 aliphatic carbocycles. The average molecular weight is 282 g/mol. The number of likely N-dealkylation sites (tertiary alicyclic amines) is 1. The smallest absolute Gasteiger partial charge is 0.0771 e. The fourth-order valence-corrected chi connectivity index (χ4v) is 3.90. The minimum absolute atomic E-state index is 0.426. The Morgan fingerprint density at radius 1 is 1.20 bits per heavy atom. The summed E-state index contributed by atoms with van der Waals surface area (Å²) in [6.07, 6.45) is 11.0. The molecular weight excluding hydrogens is 248 g/mol. The van der Waals surface area contributed by atoms with Gasteiger partial charge in [-0.3, -0.25) is 0 Å². The number of nitrogens with zero attached hydrogens (tertiary/aromatic N) is 1. The molecule has 1 heterocycles. The van der Waals surface area contributed by atoms with E-state index >= 15 is 0 Å². The van der Waals surface area contributed by atoms with Crippen LogP contribution in [-0.2, 0) is 0 Å². The van der Waals surface area contributed by atoms with E-state index in [4.69, 9.17) is 0 Å². The molecule has 0 radical (unpaired) electrons. The zero-order valence-corrected chi connectivity index (χ0v) is 13.5. The van der Waals surface area contributed by atoms with Crippen molar-refractivity contribution in [2.24, 2.45) is 5.92 Å². The van der Waals surface area contributed by atoms with Gasteiger partial charge in [0.25, 0.3) is 0 Å². The van der Waals surface area contributed by atoms with Crippen LogP contribution in [0.2, 0.25) is 0 Å². The van der Waals surface area contributed by atoms with Gasteiger partial charge in [0.15, 0.2) is 0 Å². The second-order valence-corrected chi connectivity index (χ2v) is 7.17. The van der Waals surface area contributed by atoms with Crippen molar-refractivity contribution >= 4 is 0 Å². The summed E-state index contributed by atoms with van der Waals surface area (Å²) in [6.45, 7) is 5.37. The number of hydrogen-bond donors (Lipinski definition) is 2. The quantitative estimate of drug-likeness (QED) is 0.735. The first-order valence-corrected chi connectivity index (χ1v) is 8.76. The van der Waals surface area contributed by atoms with Crippen molar-refractivity contribution in [2.75, 3.05) is 26.7 Å². The summed E-state index contributed by atoms with van der Waals surface area (Å²) in [5.41, 5.74) is -0.426. The van der Waals surface area contributed by atoms with Gasteiger partial charge in [0, 0.05) is 12.6 Å². The molecule has 1 unspecified atom stereocenters. The minimum Gasteiger partial charge on any atom is -0.389 e. The van der Waals surface area contributed by atoms with Crippen molar-refractivity contribution < 1.29 is 5.11 Å². The third kappa shape index (κ3) is 4.71. The third-order valence-corrected chi connectivity index (χ3v) is 5.64. The van der Waals surface area contributed by atoms with Crippen LogP contribution in [0, 0.1) is 5.92 Å². The Bertz CT molecular complexity index is 274. The molecule has 0 aromatic carbocycles. The average Bonchev–Trinajstić information content (AvgIpc) is 2.46. The van der Waals surface area contributed by atoms with Gasteiger partial charge < -0.3 is 15.3 Å². The maximum Gasteiger partial charge on any atom is 0.0771 e. The van der Waals surface area contributed by atoms with Gasteiger partial charge in [0.1, 0.15) is 0 Å². The largest absolute Gasteiger partial charge is 0.389 e. The Hall–Kier alpha value is -0.120. The lowest BCUT2D eigenvalue weighted by Crippen LogP contribution is -2.45. The molecule has 1 saturated heterocycles. The van der Waals surface area contributed by atoms with Gasteiger partial charge in [-0.15, -0.1) is 0 Å². The fourth-order valence-electron chi connectivity index (χ4n) is 3.90. The monoisotopic (exact) mass is 282 g/mol. The van der Waals surface area contributed by atoms with Crippen molar-refractivity contribution in [3.63, 3.8) is 0 Å². The predicted molar refractivity (Wildman–Crippen MR) is 85.0 cm³/mol. The van der Waals surface area contributed by atoms with E-state index < -0.39 is 5.60 Å². The number of nitrogens with one attached hydrogen (secondary N) is 1. The van der Waals surface area contributed by atoms with Crippen LogP contribution in [0.25, 0.3) is 0 Å². The van der Waals surface area contributed by atoms with E-state index in [9.17, 15) is 5.11 Å². The highest BCUT2D eigenvalue weighted by molar-refractivity contribution is 4.87. The zero-order chi connectivity index (χ0) is 14.4. The van der Waals surface area contributed by atoms with Gasteiger partial charge in [-0.2, -0.15) is 0 Å². The molecule has 2 fully saturated rings. The van der Waals surface area contributed by atoms with Crippen molar-refractivity contribution in [1.82, 2.24) is 10.2 Å². The van der Waals surface area contributed by atoms with Crippen LogP contribution in [-0.4, -0.2) is 48.3 Å². The molecule has 118 valence electrons. The molecule has 3 heteroatoms. The first-order chi connectivity index (χ1) is 9.63. The molecule has 20 heavy (non-hydrogen) atoms. The van der Waals surface area contributed by atoms with E-state index in [0.29, 0.717) is 0 Å². The van der Waals surface area contributed by atoms with E-state index in [0.717, 1.165) is 37.9 Å². The Labute approximate surface area is 125 Å². The number of hydrogen-bond acceptors (Lipinski definition) is 3. The van der Waals surface area contributed by atoms with Crippen molar-refractivity contribution in [3.8, 4) is 0 Å². The second-order valence-electron chi connectivity index (χ2n) is 7.17. The summed E-state index contributed by atoms with van der Waals surface area (Å²) in [7, 11) is 2.25. The maximum absolute atomic E-state index is 10.6. The van der Waals surface area contributed by atoms with Crippen molar-refractivity contribution in [1.29, 1.82) is 0 Å². The van der Waals surface area contributed by atoms with Gasteiger partial charge >= 0.3 is 0 Å². The van der Waals surface area contributed by atoms with Crippen LogP contribution in [0.3, 0.4) is 0 Å². The van der Waals surface area contributed by atoms with Crippen LogP contribution >= 0.6 is 0 Å². The van der Waals surface area contributed by atoms with Crippen molar-refractivity contribution in [2.45, 2.75) is 76.4 Å². The lowest BCUT2D eigenvalue weighted by Gasteiger charge is -2.36. The predicted octanol–water partition coefficient (Wildman–Crippen LogP) is 2.78. The van der Waals surface area contributed by atoms with Gasteiger partial charge in [-0.05, 0) is 71.0 Å². The van der Waals surface area contributed by atoms with Gasteiger partial charge in [0.2, 0.25) is 0 Å². The molecule has 2 rings (SSSR count). The van der Waals surface area contributed by atoms with E-state index in [1.54, 1.807) is 0 Å². The SMILES string of the molecule is CCC1CCC(O)(CNCCC2CCCCN2C)CC1. The summed E-state index contributed by atoms with van der Waals surface area (Å²) in [5, 5.41) is 14.1. The van der Waals surface area contributed by atoms with Gasteiger partial charge in [-0.25, -0.2) is 0 Å². The molecule has 3 nitrogen and oxygen atoms in total. The van der Waals surface area contributed by atoms with Crippen LogP contribution in [0.4, 0.5) is 0 Å². The summed E-state index contributed by atoms with van der Waals surface area (Å²) in [5.74, 6) is 0.853. The Morgan fingerprint density at radius 3 is 2.60 bits per heavy atom. The molecule has 0 aromatic rings. The zero-order valence-electron chi connectivity index (χ0n) is 13.5. The minimum atomic E-state index is -0.426. The first-order valence-electron chi connectivity index (χ1n) is 8.76. The van der Waals surface area contributed by atoms with Crippen LogP contribution < -0.4 is 5.32 Å². The molecule has 2 aliphatic rings. The highest BCUT2D eigenvalue weighted by Gasteiger charge is 2.32. The van der Waals surface area contributed by atoms with E-state index in [1.807, 2.05) is 0 Å². The van der Waals surface area contributed by atoms with Gasteiger partial charge in [0.05, 0.1) is 5.60 Å². The standard InChI is InChI=1S/C17H34N2O/c1-3-15-7-10-17(20,11-8-15)14-18-12-9-16-6-4-5-13-19(16)2/h15-16,18,20H,3-14H2,1-2H3. The van der Waals surface area contributed by atoms with Crippen LogP contribution in [0.15, 0.2) is 0 Å². The maximum atomic E-state index is 10.6. The molecule has 2 N–H and O–H groups in total. The van der Waals surface area contributed by atoms with Crippen LogP contribution in [0.1, 0.15) is 64.7 Å². The second kappa shape index (κ2) is 7.77. The van der Waals surface area contributed by atoms with Crippen molar-refractivity contribution in [3.05, 3.63) is 0 Å². The first kappa shape index (κ1) is 16.3. The lowest BCUT2D eigenvalue weighted by atomic mass is 9.78. The molecule has 0 spiro atoms. The lowest BCUT2D eigenvalue weighted by molar-refractivity contribution is -0.00884. The summed E-state index contributed by atoms with van der Waals surface area (Å²) >= 11 is 0. The summed E-state index contributed by atoms with van der Waals surface area (Å²) in [6, 6.07) is 0.752. The number of piperidine rings is 1. The topological polar surface area (TPSA) is 35.5 Å². The number of rotatable bonds is 6. The highest BCUT2D eigenvalue weighted by Crippen LogP contribution is 2.33. The molecule has 0 bridgehead atoms. The molecular formula is C17H34N2O. The molecule has 0 aromatic heterocycles. The van der Waals surface area contributed by atoms with Gasteiger partial charge in [-0.1, -0.05) is 19.8 Å². The van der Waals surface area contributed by atoms with E-state index in [2.05, 4.69) is 24.2 Å². The molecule has 1 saturated carbocycles. The molecule has 1 atom stereocenters. The summed E-state index contributed by atoms with van der Waals surface area (Å²) in [4.78, 5) is 2.51. The molecule has 0 amide bonds. The Morgan fingerprint density at radius 2 is 1.95 bits per heavy atom. The number of aliphatic hydroxyl groups is 1. The Balaban J connectivity index is 1.60. The summed E-state index contributed by atoms with van der Waals surface area (Å²) < 4.78 is 0. The highest BCUT2D eigenvalue weighted by atomic mass is 16.3.